The van der Waals surface area contributed by atoms with Gasteiger partial charge in [-0.3, -0.25) is 10.1 Å². The van der Waals surface area contributed by atoms with E-state index in [1.54, 1.807) is 0 Å². The van der Waals surface area contributed by atoms with Crippen LogP contribution in [0.5, 0.6) is 0 Å². The first-order valence-electron chi connectivity index (χ1n) is 5.87. The summed E-state index contributed by atoms with van der Waals surface area (Å²) in [6.45, 7) is -1.38. The van der Waals surface area contributed by atoms with E-state index in [1.165, 1.54) is 12.1 Å². The zero-order chi connectivity index (χ0) is 14.3. The Bertz CT molecular complexity index is 522. The van der Waals surface area contributed by atoms with Crippen molar-refractivity contribution in [2.45, 2.75) is 30.7 Å². The molecule has 2 rings (SSSR count). The van der Waals surface area contributed by atoms with E-state index in [9.17, 15) is 18.9 Å². The van der Waals surface area contributed by atoms with Crippen LogP contribution in [-0.2, 0) is 12.0 Å². The summed E-state index contributed by atoms with van der Waals surface area (Å²) in [5.41, 5.74) is 4.11. The average Bonchev–Trinajstić information content (AvgIpc) is 2.38. The number of non-ortho nitro benzene ring substituents is 1. The number of hydrogen-bond acceptors (Lipinski definition) is 4. The number of aliphatic hydroxyl groups is 1. The molecule has 1 aliphatic rings. The highest BCUT2D eigenvalue weighted by Gasteiger charge is 2.53. The second-order valence-electron chi connectivity index (χ2n) is 4.79. The first kappa shape index (κ1) is 13.8. The largest absolute Gasteiger partial charge is 0.390 e. The molecule has 0 radical (unpaired) electrons. The van der Waals surface area contributed by atoms with Crippen molar-refractivity contribution in [2.75, 3.05) is 6.61 Å². The maximum atomic E-state index is 13.9. The molecule has 0 saturated carbocycles. The van der Waals surface area contributed by atoms with Gasteiger partial charge in [0.2, 0.25) is 0 Å². The van der Waals surface area contributed by atoms with Crippen LogP contribution in [0, 0.1) is 10.1 Å². The first-order valence-corrected chi connectivity index (χ1v) is 5.87. The lowest BCUT2D eigenvalue weighted by molar-refractivity contribution is -0.385. The number of aliphatic hydroxyl groups excluding tert-OH is 1. The van der Waals surface area contributed by atoms with Crippen LogP contribution >= 0.6 is 0 Å². The molecule has 0 fully saturated rings. The molecule has 7 heteroatoms. The molecule has 0 amide bonds. The van der Waals surface area contributed by atoms with Crippen molar-refractivity contribution in [1.29, 1.82) is 0 Å². The summed E-state index contributed by atoms with van der Waals surface area (Å²) in [6, 6.07) is 3.83. The number of fused-ring (bicyclic) bond motifs is 1. The Labute approximate surface area is 108 Å². The summed E-state index contributed by atoms with van der Waals surface area (Å²) in [6.07, 6.45) is 0.986. The minimum Gasteiger partial charge on any atom is -0.390 e. The van der Waals surface area contributed by atoms with Gasteiger partial charge in [-0.15, -0.1) is 0 Å². The third-order valence-corrected chi connectivity index (χ3v) is 3.65. The Morgan fingerprint density at radius 1 is 1.53 bits per heavy atom. The van der Waals surface area contributed by atoms with Gasteiger partial charge in [0.05, 0.1) is 4.92 Å². The van der Waals surface area contributed by atoms with Crippen LogP contribution in [0.2, 0.25) is 0 Å². The normalized spacial score (nSPS) is 22.9. The summed E-state index contributed by atoms with van der Waals surface area (Å²) >= 11 is 0. The van der Waals surface area contributed by atoms with E-state index in [0.717, 1.165) is 6.07 Å². The van der Waals surface area contributed by atoms with E-state index in [4.69, 9.17) is 10.8 Å². The van der Waals surface area contributed by atoms with Gasteiger partial charge in [-0.1, -0.05) is 6.07 Å². The van der Waals surface area contributed by atoms with Gasteiger partial charge in [-0.05, 0) is 30.4 Å². The number of hydrogen-bond donors (Lipinski definition) is 2. The van der Waals surface area contributed by atoms with Crippen LogP contribution in [0.3, 0.4) is 0 Å². The highest BCUT2D eigenvalue weighted by Crippen LogP contribution is 2.44. The molecule has 0 heterocycles. The van der Waals surface area contributed by atoms with Gasteiger partial charge in [0.15, 0.2) is 0 Å². The fourth-order valence-corrected chi connectivity index (χ4v) is 2.52. The molecule has 1 aromatic carbocycles. The molecule has 0 bridgehead atoms. The summed E-state index contributed by atoms with van der Waals surface area (Å²) in [5.74, 6) is -3.52. The smallest absolute Gasteiger partial charge is 0.292 e. The minimum atomic E-state index is -3.52. The fraction of sp³-hybridized carbons (Fsp3) is 0.500. The van der Waals surface area contributed by atoms with Crippen LogP contribution in [0.25, 0.3) is 0 Å². The van der Waals surface area contributed by atoms with E-state index in [-0.39, 0.29) is 17.7 Å². The first-order chi connectivity index (χ1) is 8.82. The van der Waals surface area contributed by atoms with Crippen molar-refractivity contribution in [3.8, 4) is 0 Å². The zero-order valence-corrected chi connectivity index (χ0v) is 10.1. The van der Waals surface area contributed by atoms with Crippen LogP contribution in [0.1, 0.15) is 24.0 Å². The van der Waals surface area contributed by atoms with Gasteiger partial charge in [-0.25, -0.2) is 8.78 Å². The molecule has 1 atom stereocenters. The summed E-state index contributed by atoms with van der Waals surface area (Å²) in [5, 5.41) is 19.6. The molecule has 1 aliphatic carbocycles. The van der Waals surface area contributed by atoms with Gasteiger partial charge in [0.1, 0.15) is 12.1 Å². The minimum absolute atomic E-state index is 0.0191. The molecular formula is C12H14F2N2O3. The van der Waals surface area contributed by atoms with E-state index >= 15 is 0 Å². The zero-order valence-electron chi connectivity index (χ0n) is 10.1. The molecule has 0 aromatic heterocycles. The molecule has 104 valence electrons. The Hall–Kier alpha value is -1.60. The fourth-order valence-electron chi connectivity index (χ4n) is 2.52. The lowest BCUT2D eigenvalue weighted by atomic mass is 9.73. The number of nitro groups is 1. The van der Waals surface area contributed by atoms with Gasteiger partial charge in [0, 0.05) is 12.1 Å². The number of alkyl halides is 2. The summed E-state index contributed by atoms with van der Waals surface area (Å²) in [7, 11) is 0. The van der Waals surface area contributed by atoms with Crippen molar-refractivity contribution in [3.05, 3.63) is 39.4 Å². The van der Waals surface area contributed by atoms with Crippen LogP contribution in [0.4, 0.5) is 14.5 Å². The molecule has 0 spiro atoms. The third kappa shape index (κ3) is 2.08. The lowest BCUT2D eigenvalue weighted by Crippen LogP contribution is -2.56. The average molecular weight is 272 g/mol. The van der Waals surface area contributed by atoms with Gasteiger partial charge < -0.3 is 10.8 Å². The van der Waals surface area contributed by atoms with Gasteiger partial charge in [-0.2, -0.15) is 0 Å². The van der Waals surface area contributed by atoms with Crippen molar-refractivity contribution < 1.29 is 18.8 Å². The maximum absolute atomic E-state index is 13.9. The number of nitro benzene ring substituents is 1. The topological polar surface area (TPSA) is 89.4 Å². The number of halogens is 2. The number of nitrogens with two attached hydrogens (primary N) is 1. The van der Waals surface area contributed by atoms with Crippen LogP contribution in [-0.4, -0.2) is 22.6 Å². The lowest BCUT2D eigenvalue weighted by Gasteiger charge is -2.40. The molecule has 3 N–H and O–H groups in total. The third-order valence-electron chi connectivity index (χ3n) is 3.65. The van der Waals surface area contributed by atoms with Crippen molar-refractivity contribution in [1.82, 2.24) is 0 Å². The van der Waals surface area contributed by atoms with Crippen LogP contribution in [0.15, 0.2) is 18.2 Å². The monoisotopic (exact) mass is 272 g/mol. The second-order valence-corrected chi connectivity index (χ2v) is 4.79. The SMILES string of the molecule is NC1(C(F)(F)CO)CCCc2ccc([N+](=O)[O-])cc21. The predicted molar refractivity (Wildman–Crippen MR) is 63.9 cm³/mol. The Morgan fingerprint density at radius 3 is 2.79 bits per heavy atom. The Morgan fingerprint density at radius 2 is 2.21 bits per heavy atom. The highest BCUT2D eigenvalue weighted by atomic mass is 19.3. The van der Waals surface area contributed by atoms with E-state index in [0.29, 0.717) is 18.4 Å². The van der Waals surface area contributed by atoms with Crippen molar-refractivity contribution in [2.24, 2.45) is 5.73 Å². The van der Waals surface area contributed by atoms with Gasteiger partial charge in [0.25, 0.3) is 11.6 Å². The molecular weight excluding hydrogens is 258 g/mol. The van der Waals surface area contributed by atoms with Crippen LogP contribution < -0.4 is 5.73 Å². The predicted octanol–water partition coefficient (Wildman–Crippen LogP) is 1.71. The molecule has 0 aliphatic heterocycles. The number of rotatable bonds is 3. The molecule has 1 unspecified atom stereocenters. The number of aryl methyl sites for hydroxylation is 1. The standard InChI is InChI=1S/C12H14F2N2O3/c13-12(14,7-17)11(15)5-1-2-8-3-4-9(16(18)19)6-10(8)11/h3-4,6,17H,1-2,5,7,15H2. The van der Waals surface area contributed by atoms with Crippen molar-refractivity contribution in [3.63, 3.8) is 0 Å². The quantitative estimate of drug-likeness (QED) is 0.647. The summed E-state index contributed by atoms with van der Waals surface area (Å²) in [4.78, 5) is 10.1. The van der Waals surface area contributed by atoms with Gasteiger partial charge >= 0.3 is 0 Å². The second kappa shape index (κ2) is 4.50. The van der Waals surface area contributed by atoms with Crippen molar-refractivity contribution >= 4 is 5.69 Å². The molecule has 19 heavy (non-hydrogen) atoms. The molecule has 1 aromatic rings. The molecule has 5 nitrogen and oxygen atoms in total. The molecule has 0 saturated heterocycles. The number of nitrogens with zero attached hydrogens (tertiary/aromatic N) is 1. The maximum Gasteiger partial charge on any atom is 0.292 e. The van der Waals surface area contributed by atoms with E-state index in [2.05, 4.69) is 0 Å². The summed E-state index contributed by atoms with van der Waals surface area (Å²) < 4.78 is 27.8. The number of benzene rings is 1. The Balaban J connectivity index is 2.59. The Kier molecular flexibility index (Phi) is 3.27. The van der Waals surface area contributed by atoms with E-state index < -0.39 is 23.0 Å². The van der Waals surface area contributed by atoms with E-state index in [1.807, 2.05) is 0 Å². The highest BCUT2D eigenvalue weighted by molar-refractivity contribution is 5.46.